The van der Waals surface area contributed by atoms with E-state index in [0.717, 1.165) is 43.5 Å². The molecule has 1 aliphatic carbocycles. The molecule has 152 valence electrons. The van der Waals surface area contributed by atoms with E-state index in [2.05, 4.69) is 17.4 Å². The van der Waals surface area contributed by atoms with E-state index < -0.39 is 0 Å². The van der Waals surface area contributed by atoms with Gasteiger partial charge in [-0.25, -0.2) is 9.48 Å². The fourth-order valence-corrected chi connectivity index (χ4v) is 5.18. The highest BCUT2D eigenvalue weighted by Crippen LogP contribution is 2.31. The number of fused-ring (bicyclic) bond motifs is 2. The SMILES string of the molecule is CN1C[C@@H]2[C@@H](CCCN2C(=O)NCc2nn(-c3ccccc3)c3c2CCC3)C1=O. The molecule has 5 rings (SSSR count). The first-order valence-corrected chi connectivity index (χ1v) is 10.6. The third kappa shape index (κ3) is 3.09. The quantitative estimate of drug-likeness (QED) is 0.868. The maximum absolute atomic E-state index is 13.0. The standard InChI is InChI=1S/C22H27N5O2/c1-25-14-20-17(21(25)28)10-6-12-26(20)22(29)23-13-18-16-9-5-11-19(16)27(24-18)15-7-3-2-4-8-15/h2-4,7-8,17,20H,5-6,9-14H2,1H3,(H,23,29)/t17-,20-/m1/s1. The van der Waals surface area contributed by atoms with E-state index in [1.807, 2.05) is 34.8 Å². The van der Waals surface area contributed by atoms with Crippen LogP contribution in [0.15, 0.2) is 30.3 Å². The number of likely N-dealkylation sites (tertiary alicyclic amines) is 2. The molecular weight excluding hydrogens is 366 g/mol. The highest BCUT2D eigenvalue weighted by Gasteiger charge is 2.45. The lowest BCUT2D eigenvalue weighted by Gasteiger charge is -2.35. The zero-order valence-corrected chi connectivity index (χ0v) is 16.8. The van der Waals surface area contributed by atoms with Gasteiger partial charge in [-0.15, -0.1) is 0 Å². The van der Waals surface area contributed by atoms with Gasteiger partial charge in [0.15, 0.2) is 0 Å². The Bertz CT molecular complexity index is 938. The molecule has 0 radical (unpaired) electrons. The van der Waals surface area contributed by atoms with Gasteiger partial charge in [-0.1, -0.05) is 18.2 Å². The average molecular weight is 393 g/mol. The number of hydrogen-bond donors (Lipinski definition) is 1. The number of hydrogen-bond acceptors (Lipinski definition) is 3. The zero-order chi connectivity index (χ0) is 20.0. The summed E-state index contributed by atoms with van der Waals surface area (Å²) < 4.78 is 2.03. The third-order valence-corrected chi connectivity index (χ3v) is 6.62. The highest BCUT2D eigenvalue weighted by molar-refractivity contribution is 5.84. The molecule has 2 saturated heterocycles. The van der Waals surface area contributed by atoms with Crippen molar-refractivity contribution in [2.24, 2.45) is 5.92 Å². The Morgan fingerprint density at radius 2 is 2.03 bits per heavy atom. The van der Waals surface area contributed by atoms with Crippen LogP contribution in [-0.2, 0) is 24.2 Å². The second-order valence-corrected chi connectivity index (χ2v) is 8.36. The molecule has 1 N–H and O–H groups in total. The molecule has 1 aromatic heterocycles. The molecule has 0 spiro atoms. The van der Waals surface area contributed by atoms with E-state index in [9.17, 15) is 9.59 Å². The Kier molecular flexibility index (Phi) is 4.53. The van der Waals surface area contributed by atoms with Crippen LogP contribution in [0.4, 0.5) is 4.79 Å². The van der Waals surface area contributed by atoms with Gasteiger partial charge >= 0.3 is 6.03 Å². The zero-order valence-electron chi connectivity index (χ0n) is 16.8. The summed E-state index contributed by atoms with van der Waals surface area (Å²) in [6.45, 7) is 1.78. The molecule has 0 unspecified atom stereocenters. The largest absolute Gasteiger partial charge is 0.343 e. The average Bonchev–Trinajstić information content (AvgIpc) is 3.42. The number of benzene rings is 1. The molecule has 3 aliphatic rings. The minimum absolute atomic E-state index is 0.00570. The summed E-state index contributed by atoms with van der Waals surface area (Å²) in [5.41, 5.74) is 4.57. The molecule has 2 aromatic rings. The number of urea groups is 1. The van der Waals surface area contributed by atoms with Crippen LogP contribution in [0, 0.1) is 5.92 Å². The summed E-state index contributed by atoms with van der Waals surface area (Å²) in [7, 11) is 1.83. The predicted octanol–water partition coefficient (Wildman–Crippen LogP) is 2.12. The van der Waals surface area contributed by atoms with Gasteiger partial charge in [-0.05, 0) is 49.8 Å². The van der Waals surface area contributed by atoms with Gasteiger partial charge in [0.2, 0.25) is 5.91 Å². The Morgan fingerprint density at radius 1 is 1.21 bits per heavy atom. The predicted molar refractivity (Wildman–Crippen MR) is 109 cm³/mol. The van der Waals surface area contributed by atoms with E-state index in [-0.39, 0.29) is 23.9 Å². The van der Waals surface area contributed by atoms with E-state index in [0.29, 0.717) is 19.6 Å². The number of amides is 3. The number of aromatic nitrogens is 2. The fraction of sp³-hybridized carbons (Fsp3) is 0.500. The van der Waals surface area contributed by atoms with Gasteiger partial charge in [0.1, 0.15) is 0 Å². The summed E-state index contributed by atoms with van der Waals surface area (Å²) in [6.07, 6.45) is 4.93. The van der Waals surface area contributed by atoms with Crippen molar-refractivity contribution in [2.45, 2.75) is 44.7 Å². The number of carbonyl (C=O) groups excluding carboxylic acids is 2. The molecule has 7 nitrogen and oxygen atoms in total. The van der Waals surface area contributed by atoms with Gasteiger partial charge < -0.3 is 15.1 Å². The molecule has 3 amide bonds. The molecular formula is C22H27N5O2. The van der Waals surface area contributed by atoms with Gasteiger partial charge in [0, 0.05) is 25.8 Å². The first kappa shape index (κ1) is 18.2. The minimum Gasteiger partial charge on any atom is -0.343 e. The van der Waals surface area contributed by atoms with E-state index in [1.54, 1.807) is 4.90 Å². The van der Waals surface area contributed by atoms with Crippen LogP contribution < -0.4 is 5.32 Å². The van der Waals surface area contributed by atoms with Crippen molar-refractivity contribution in [1.29, 1.82) is 0 Å². The second-order valence-electron chi connectivity index (χ2n) is 8.36. The molecule has 1 aromatic carbocycles. The van der Waals surface area contributed by atoms with Crippen LogP contribution in [0.1, 0.15) is 36.2 Å². The molecule has 0 bridgehead atoms. The maximum Gasteiger partial charge on any atom is 0.318 e. The molecule has 2 aliphatic heterocycles. The maximum atomic E-state index is 13.0. The van der Waals surface area contributed by atoms with Crippen LogP contribution in [-0.4, -0.2) is 57.7 Å². The van der Waals surface area contributed by atoms with Crippen LogP contribution in [0.2, 0.25) is 0 Å². The normalized spacial score (nSPS) is 23.3. The highest BCUT2D eigenvalue weighted by atomic mass is 16.2. The molecule has 2 fully saturated rings. The first-order chi connectivity index (χ1) is 14.1. The van der Waals surface area contributed by atoms with Gasteiger partial charge in [-0.3, -0.25) is 4.79 Å². The topological polar surface area (TPSA) is 70.5 Å². The molecule has 2 atom stereocenters. The van der Waals surface area contributed by atoms with E-state index in [1.165, 1.54) is 11.3 Å². The number of rotatable bonds is 3. The second kappa shape index (κ2) is 7.21. The molecule has 29 heavy (non-hydrogen) atoms. The Balaban J connectivity index is 1.32. The minimum atomic E-state index is -0.0798. The summed E-state index contributed by atoms with van der Waals surface area (Å²) >= 11 is 0. The monoisotopic (exact) mass is 393 g/mol. The fourth-order valence-electron chi connectivity index (χ4n) is 5.18. The first-order valence-electron chi connectivity index (χ1n) is 10.6. The summed E-state index contributed by atoms with van der Waals surface area (Å²) in [5, 5.41) is 7.92. The van der Waals surface area contributed by atoms with Crippen molar-refractivity contribution >= 4 is 11.9 Å². The van der Waals surface area contributed by atoms with E-state index >= 15 is 0 Å². The van der Waals surface area contributed by atoms with Gasteiger partial charge in [0.05, 0.1) is 29.9 Å². The Morgan fingerprint density at radius 3 is 2.86 bits per heavy atom. The van der Waals surface area contributed by atoms with Crippen LogP contribution >= 0.6 is 0 Å². The third-order valence-electron chi connectivity index (χ3n) is 6.62. The molecule has 0 saturated carbocycles. The number of carbonyl (C=O) groups is 2. The lowest BCUT2D eigenvalue weighted by Crippen LogP contribution is -2.52. The summed E-state index contributed by atoms with van der Waals surface area (Å²) in [5.74, 6) is 0.132. The van der Waals surface area contributed by atoms with Crippen LogP contribution in [0.3, 0.4) is 0 Å². The van der Waals surface area contributed by atoms with Crippen molar-refractivity contribution in [3.63, 3.8) is 0 Å². The number of piperidine rings is 1. The van der Waals surface area contributed by atoms with Crippen LogP contribution in [0.5, 0.6) is 0 Å². The Labute approximate surface area is 170 Å². The van der Waals surface area contributed by atoms with Crippen molar-refractivity contribution in [1.82, 2.24) is 24.9 Å². The number of nitrogens with one attached hydrogen (secondary N) is 1. The van der Waals surface area contributed by atoms with Crippen molar-refractivity contribution < 1.29 is 9.59 Å². The van der Waals surface area contributed by atoms with E-state index in [4.69, 9.17) is 5.10 Å². The number of para-hydroxylation sites is 1. The van der Waals surface area contributed by atoms with Crippen molar-refractivity contribution in [2.75, 3.05) is 20.1 Å². The molecule has 7 heteroatoms. The Hall–Kier alpha value is -2.83. The lowest BCUT2D eigenvalue weighted by atomic mass is 9.92. The lowest BCUT2D eigenvalue weighted by molar-refractivity contribution is -0.130. The number of likely N-dealkylation sites (N-methyl/N-ethyl adjacent to an activating group) is 1. The number of nitrogens with zero attached hydrogens (tertiary/aromatic N) is 4. The van der Waals surface area contributed by atoms with Crippen molar-refractivity contribution in [3.05, 3.63) is 47.3 Å². The van der Waals surface area contributed by atoms with Crippen molar-refractivity contribution in [3.8, 4) is 5.69 Å². The summed E-state index contributed by atoms with van der Waals surface area (Å²) in [6, 6.07) is 10.1. The summed E-state index contributed by atoms with van der Waals surface area (Å²) in [4.78, 5) is 28.9. The van der Waals surface area contributed by atoms with Gasteiger partial charge in [0.25, 0.3) is 0 Å². The smallest absolute Gasteiger partial charge is 0.318 e. The van der Waals surface area contributed by atoms with Gasteiger partial charge in [-0.2, -0.15) is 5.10 Å². The van der Waals surface area contributed by atoms with Crippen LogP contribution in [0.25, 0.3) is 5.69 Å². The molecule has 3 heterocycles.